The van der Waals surface area contributed by atoms with Gasteiger partial charge in [-0.25, -0.2) is 0 Å². The predicted octanol–water partition coefficient (Wildman–Crippen LogP) is 3.04. The zero-order valence-corrected chi connectivity index (χ0v) is 7.66. The van der Waals surface area contributed by atoms with Gasteiger partial charge in [0.05, 0.1) is 7.11 Å². The minimum Gasteiger partial charge on any atom is -0.497 e. The van der Waals surface area contributed by atoms with Gasteiger partial charge in [-0.05, 0) is 29.7 Å². The molecule has 0 spiro atoms. The van der Waals surface area contributed by atoms with E-state index < -0.39 is 0 Å². The maximum Gasteiger partial charge on any atom is 0.119 e. The molecule has 1 aliphatic carbocycles. The first-order valence-electron chi connectivity index (χ1n) is 4.40. The Kier molecular flexibility index (Phi) is 2.17. The van der Waals surface area contributed by atoms with E-state index in [4.69, 9.17) is 4.74 Å². The molecule has 0 radical (unpaired) electrons. The highest BCUT2D eigenvalue weighted by Gasteiger charge is 2.03. The highest BCUT2D eigenvalue weighted by atomic mass is 16.5. The van der Waals surface area contributed by atoms with Crippen LogP contribution in [0.5, 0.6) is 5.75 Å². The van der Waals surface area contributed by atoms with Crippen LogP contribution in [-0.2, 0) is 0 Å². The van der Waals surface area contributed by atoms with Crippen molar-refractivity contribution in [1.82, 2.24) is 0 Å². The van der Waals surface area contributed by atoms with Crippen molar-refractivity contribution in [2.24, 2.45) is 0 Å². The maximum absolute atomic E-state index is 5.17. The average Bonchev–Trinajstić information content (AvgIpc) is 2.71. The average molecular weight is 172 g/mol. The third kappa shape index (κ3) is 1.64. The van der Waals surface area contributed by atoms with Gasteiger partial charge in [-0.1, -0.05) is 30.4 Å². The molecular formula is C12H12O. The van der Waals surface area contributed by atoms with Gasteiger partial charge in [-0.15, -0.1) is 0 Å². The van der Waals surface area contributed by atoms with Gasteiger partial charge >= 0.3 is 0 Å². The predicted molar refractivity (Wildman–Crippen MR) is 54.7 cm³/mol. The molecule has 0 N–H and O–H groups in total. The summed E-state index contributed by atoms with van der Waals surface area (Å²) in [6.07, 6.45) is 7.44. The first-order chi connectivity index (χ1) is 6.40. The van der Waals surface area contributed by atoms with Crippen molar-refractivity contribution in [2.75, 3.05) is 7.11 Å². The summed E-state index contributed by atoms with van der Waals surface area (Å²) in [7, 11) is 1.69. The molecule has 0 aliphatic heterocycles. The lowest BCUT2D eigenvalue weighted by Gasteiger charge is -2.04. The van der Waals surface area contributed by atoms with Gasteiger partial charge in [0, 0.05) is 0 Å². The first-order valence-corrected chi connectivity index (χ1v) is 4.40. The highest BCUT2D eigenvalue weighted by Crippen LogP contribution is 2.25. The number of rotatable bonds is 2. The molecule has 0 heterocycles. The van der Waals surface area contributed by atoms with Crippen LogP contribution in [0.4, 0.5) is 0 Å². The van der Waals surface area contributed by atoms with Gasteiger partial charge in [0.2, 0.25) is 0 Å². The Morgan fingerprint density at radius 1 is 1.31 bits per heavy atom. The zero-order valence-electron chi connectivity index (χ0n) is 7.66. The van der Waals surface area contributed by atoms with Crippen LogP contribution < -0.4 is 4.74 Å². The summed E-state index contributed by atoms with van der Waals surface area (Å²) >= 11 is 0. The van der Waals surface area contributed by atoms with Crippen LogP contribution in [0.15, 0.2) is 42.5 Å². The van der Waals surface area contributed by atoms with Crippen LogP contribution in [0.2, 0.25) is 0 Å². The van der Waals surface area contributed by atoms with Gasteiger partial charge in [0.1, 0.15) is 5.75 Å². The second kappa shape index (κ2) is 3.48. The lowest BCUT2D eigenvalue weighted by atomic mass is 10.1. The number of benzene rings is 1. The van der Waals surface area contributed by atoms with E-state index in [9.17, 15) is 0 Å². The molecule has 1 nitrogen and oxygen atoms in total. The summed E-state index contributed by atoms with van der Waals surface area (Å²) in [5.41, 5.74) is 2.61. The summed E-state index contributed by atoms with van der Waals surface area (Å²) in [5.74, 6) is 0.922. The smallest absolute Gasteiger partial charge is 0.119 e. The molecular weight excluding hydrogens is 160 g/mol. The monoisotopic (exact) mass is 172 g/mol. The van der Waals surface area contributed by atoms with Crippen LogP contribution in [0, 0.1) is 0 Å². The Morgan fingerprint density at radius 3 is 2.92 bits per heavy atom. The normalized spacial score (nSPS) is 14.4. The fourth-order valence-electron chi connectivity index (χ4n) is 1.48. The van der Waals surface area contributed by atoms with Crippen LogP contribution >= 0.6 is 0 Å². The molecule has 1 aliphatic rings. The number of methoxy groups -OCH3 is 1. The van der Waals surface area contributed by atoms with E-state index in [2.05, 4.69) is 30.4 Å². The third-order valence-corrected chi connectivity index (χ3v) is 2.21. The summed E-state index contributed by atoms with van der Waals surface area (Å²) in [6.45, 7) is 0. The van der Waals surface area contributed by atoms with Crippen molar-refractivity contribution in [3.63, 3.8) is 0 Å². The molecule has 0 atom stereocenters. The molecule has 66 valence electrons. The third-order valence-electron chi connectivity index (χ3n) is 2.21. The van der Waals surface area contributed by atoms with Gasteiger partial charge in [0.15, 0.2) is 0 Å². The van der Waals surface area contributed by atoms with Crippen LogP contribution in [0.25, 0.3) is 5.57 Å². The number of ether oxygens (including phenoxy) is 1. The van der Waals surface area contributed by atoms with E-state index in [1.54, 1.807) is 7.11 Å². The summed E-state index contributed by atoms with van der Waals surface area (Å²) in [5, 5.41) is 0. The van der Waals surface area contributed by atoms with Crippen LogP contribution in [0.1, 0.15) is 12.0 Å². The van der Waals surface area contributed by atoms with Gasteiger partial charge < -0.3 is 4.74 Å². The number of hydrogen-bond donors (Lipinski definition) is 0. The zero-order chi connectivity index (χ0) is 9.10. The topological polar surface area (TPSA) is 9.23 Å². The van der Waals surface area contributed by atoms with Crippen LogP contribution in [0.3, 0.4) is 0 Å². The second-order valence-corrected chi connectivity index (χ2v) is 3.06. The lowest BCUT2D eigenvalue weighted by Crippen LogP contribution is -1.85. The summed E-state index contributed by atoms with van der Waals surface area (Å²) in [4.78, 5) is 0. The lowest BCUT2D eigenvalue weighted by molar-refractivity contribution is 0.414. The van der Waals surface area contributed by atoms with Gasteiger partial charge in [-0.2, -0.15) is 0 Å². The van der Waals surface area contributed by atoms with Crippen molar-refractivity contribution >= 4 is 5.57 Å². The first kappa shape index (κ1) is 8.11. The standard InChI is InChI=1S/C12H12O/c1-13-12-8-4-7-11(9-12)10-5-2-3-6-10/h2-5,7-9H,6H2,1H3. The summed E-state index contributed by atoms with van der Waals surface area (Å²) < 4.78 is 5.17. The molecule has 0 bridgehead atoms. The molecule has 1 aromatic rings. The van der Waals surface area contributed by atoms with E-state index in [1.807, 2.05) is 12.1 Å². The van der Waals surface area contributed by atoms with E-state index in [0.29, 0.717) is 0 Å². The number of hydrogen-bond acceptors (Lipinski definition) is 1. The molecule has 1 heteroatoms. The van der Waals surface area contributed by atoms with Crippen LogP contribution in [-0.4, -0.2) is 7.11 Å². The van der Waals surface area contributed by atoms with E-state index in [1.165, 1.54) is 11.1 Å². The van der Waals surface area contributed by atoms with Crippen molar-refractivity contribution < 1.29 is 4.74 Å². The van der Waals surface area contributed by atoms with Crippen molar-refractivity contribution in [2.45, 2.75) is 6.42 Å². The Bertz CT molecular complexity index is 361. The van der Waals surface area contributed by atoms with Crippen molar-refractivity contribution in [1.29, 1.82) is 0 Å². The number of allylic oxidation sites excluding steroid dienone is 4. The Morgan fingerprint density at radius 2 is 2.23 bits per heavy atom. The summed E-state index contributed by atoms with van der Waals surface area (Å²) in [6, 6.07) is 8.17. The Labute approximate surface area is 78.3 Å². The van der Waals surface area contributed by atoms with E-state index in [0.717, 1.165) is 12.2 Å². The molecule has 0 amide bonds. The van der Waals surface area contributed by atoms with E-state index in [-0.39, 0.29) is 0 Å². The van der Waals surface area contributed by atoms with Crippen molar-refractivity contribution in [3.05, 3.63) is 48.1 Å². The van der Waals surface area contributed by atoms with E-state index >= 15 is 0 Å². The molecule has 2 rings (SSSR count). The van der Waals surface area contributed by atoms with Crippen molar-refractivity contribution in [3.8, 4) is 5.75 Å². The van der Waals surface area contributed by atoms with Gasteiger partial charge in [-0.3, -0.25) is 0 Å². The Hall–Kier alpha value is -1.50. The minimum absolute atomic E-state index is 0.922. The molecule has 13 heavy (non-hydrogen) atoms. The fraction of sp³-hybridized carbons (Fsp3) is 0.167. The molecule has 0 fully saturated rings. The minimum atomic E-state index is 0.922. The Balaban J connectivity index is 2.30. The molecule has 0 unspecified atom stereocenters. The molecule has 0 saturated carbocycles. The largest absolute Gasteiger partial charge is 0.497 e. The molecule has 0 aromatic heterocycles. The highest BCUT2D eigenvalue weighted by molar-refractivity contribution is 5.71. The molecule has 1 aromatic carbocycles. The SMILES string of the molecule is COc1cccc(C2=CC=CC2)c1. The molecule has 0 saturated heterocycles. The fourth-order valence-corrected chi connectivity index (χ4v) is 1.48. The maximum atomic E-state index is 5.17. The second-order valence-electron chi connectivity index (χ2n) is 3.06. The quantitative estimate of drug-likeness (QED) is 0.666. The van der Waals surface area contributed by atoms with Gasteiger partial charge in [0.25, 0.3) is 0 Å².